The van der Waals surface area contributed by atoms with E-state index in [4.69, 9.17) is 16.3 Å². The van der Waals surface area contributed by atoms with Gasteiger partial charge in [-0.1, -0.05) is 11.6 Å². The number of hydrogen-bond donors (Lipinski definition) is 0. The molecule has 3 aromatic heterocycles. The number of halogens is 1. The van der Waals surface area contributed by atoms with Gasteiger partial charge in [0.2, 0.25) is 0 Å². The largest absolute Gasteiger partial charge is 0.465 e. The third-order valence-electron chi connectivity index (χ3n) is 3.05. The lowest BCUT2D eigenvalue weighted by Gasteiger charge is -2.04. The molecule has 0 aliphatic carbocycles. The normalized spacial score (nSPS) is 10.8. The van der Waals surface area contributed by atoms with Crippen molar-refractivity contribution >= 4 is 23.2 Å². The van der Waals surface area contributed by atoms with Crippen LogP contribution in [0.15, 0.2) is 30.6 Å². The zero-order valence-corrected chi connectivity index (χ0v) is 12.1. The van der Waals surface area contributed by atoms with Gasteiger partial charge in [-0.15, -0.1) is 10.2 Å². The van der Waals surface area contributed by atoms with Crippen LogP contribution in [-0.4, -0.2) is 32.7 Å². The number of carbonyl (C=O) groups excluding carboxylic acids is 1. The maximum atomic E-state index is 11.7. The van der Waals surface area contributed by atoms with E-state index in [-0.39, 0.29) is 0 Å². The molecule has 3 aromatic rings. The Balaban J connectivity index is 2.22. The highest BCUT2D eigenvalue weighted by Gasteiger charge is 2.15. The number of methoxy groups -OCH3 is 1. The summed E-state index contributed by atoms with van der Waals surface area (Å²) in [6.45, 7) is 1.90. The van der Waals surface area contributed by atoms with Gasteiger partial charge in [0.1, 0.15) is 0 Å². The number of carbonyl (C=O) groups is 1. The summed E-state index contributed by atoms with van der Waals surface area (Å²) in [5, 5.41) is 8.49. The summed E-state index contributed by atoms with van der Waals surface area (Å²) in [5.74, 6) is 0.0886. The van der Waals surface area contributed by atoms with Gasteiger partial charge in [0, 0.05) is 23.7 Å². The summed E-state index contributed by atoms with van der Waals surface area (Å²) in [6, 6.07) is 5.27. The van der Waals surface area contributed by atoms with Crippen LogP contribution in [0.5, 0.6) is 0 Å². The predicted molar refractivity (Wildman–Crippen MR) is 77.3 cm³/mol. The number of ether oxygens (including phenoxy) is 1. The van der Waals surface area contributed by atoms with Crippen LogP contribution in [0.3, 0.4) is 0 Å². The molecule has 6 nitrogen and oxygen atoms in total. The smallest absolute Gasteiger partial charge is 0.339 e. The van der Waals surface area contributed by atoms with Gasteiger partial charge in [-0.05, 0) is 25.1 Å². The Hall–Kier alpha value is -2.47. The summed E-state index contributed by atoms with van der Waals surface area (Å²) in [7, 11) is 1.32. The summed E-state index contributed by atoms with van der Waals surface area (Å²) in [6.07, 6.45) is 3.30. The molecule has 0 saturated carbocycles. The molecule has 0 unspecified atom stereocenters. The second kappa shape index (κ2) is 5.14. The minimum Gasteiger partial charge on any atom is -0.465 e. The third-order valence-corrected chi connectivity index (χ3v) is 3.33. The van der Waals surface area contributed by atoms with E-state index in [9.17, 15) is 4.79 Å². The van der Waals surface area contributed by atoms with Gasteiger partial charge >= 0.3 is 5.97 Å². The highest BCUT2D eigenvalue weighted by Crippen LogP contribution is 2.24. The molecule has 0 spiro atoms. The molecule has 21 heavy (non-hydrogen) atoms. The second-order valence-electron chi connectivity index (χ2n) is 4.47. The first-order valence-electron chi connectivity index (χ1n) is 6.16. The topological polar surface area (TPSA) is 69.4 Å². The quantitative estimate of drug-likeness (QED) is 0.680. The van der Waals surface area contributed by atoms with Gasteiger partial charge in [-0.25, -0.2) is 4.79 Å². The number of esters is 1. The summed E-state index contributed by atoms with van der Waals surface area (Å²) in [4.78, 5) is 15.9. The number of pyridine rings is 2. The Labute approximate surface area is 125 Å². The van der Waals surface area contributed by atoms with Crippen LogP contribution in [0.25, 0.3) is 17.0 Å². The fraction of sp³-hybridized carbons (Fsp3) is 0.143. The van der Waals surface area contributed by atoms with Crippen molar-refractivity contribution in [1.29, 1.82) is 0 Å². The van der Waals surface area contributed by atoms with Crippen molar-refractivity contribution in [2.75, 3.05) is 7.11 Å². The van der Waals surface area contributed by atoms with Crippen LogP contribution in [0.2, 0.25) is 5.02 Å². The number of rotatable bonds is 2. The van der Waals surface area contributed by atoms with Gasteiger partial charge < -0.3 is 4.74 Å². The Bertz CT molecular complexity index is 827. The molecule has 0 aromatic carbocycles. The lowest BCUT2D eigenvalue weighted by atomic mass is 10.2. The fourth-order valence-corrected chi connectivity index (χ4v) is 2.23. The summed E-state index contributed by atoms with van der Waals surface area (Å²) in [5.41, 5.74) is 2.49. The lowest BCUT2D eigenvalue weighted by molar-refractivity contribution is 0.0600. The van der Waals surface area contributed by atoms with Gasteiger partial charge in [0.15, 0.2) is 11.5 Å². The molecular weight excluding hydrogens is 292 g/mol. The van der Waals surface area contributed by atoms with Gasteiger partial charge in [-0.3, -0.25) is 9.38 Å². The molecule has 7 heteroatoms. The van der Waals surface area contributed by atoms with Crippen LogP contribution in [-0.2, 0) is 4.74 Å². The van der Waals surface area contributed by atoms with Gasteiger partial charge in [0.05, 0.1) is 17.7 Å². The minimum absolute atomic E-state index is 0.330. The van der Waals surface area contributed by atoms with E-state index in [1.54, 1.807) is 16.8 Å². The standard InChI is InChI=1S/C14H11ClN4O2/c1-8-3-4-9(6-16-8)12-17-18-13-11(15)5-10(7-19(12)13)14(20)21-2/h3-7H,1-2H3. The maximum Gasteiger partial charge on any atom is 0.339 e. The van der Waals surface area contributed by atoms with E-state index in [0.29, 0.717) is 22.1 Å². The Morgan fingerprint density at radius 2 is 2.14 bits per heavy atom. The van der Waals surface area contributed by atoms with E-state index >= 15 is 0 Å². The first-order valence-corrected chi connectivity index (χ1v) is 6.53. The SMILES string of the molecule is COC(=O)c1cc(Cl)c2nnc(-c3ccc(C)nc3)n2c1. The molecule has 0 bridgehead atoms. The minimum atomic E-state index is -0.472. The van der Waals surface area contributed by atoms with Crippen molar-refractivity contribution in [3.63, 3.8) is 0 Å². The number of hydrogen-bond acceptors (Lipinski definition) is 5. The molecule has 106 valence electrons. The lowest BCUT2D eigenvalue weighted by Crippen LogP contribution is -2.04. The highest BCUT2D eigenvalue weighted by molar-refractivity contribution is 6.33. The molecule has 0 radical (unpaired) electrons. The third kappa shape index (κ3) is 2.34. The Morgan fingerprint density at radius 3 is 2.81 bits per heavy atom. The monoisotopic (exact) mass is 302 g/mol. The first-order chi connectivity index (χ1) is 10.1. The second-order valence-corrected chi connectivity index (χ2v) is 4.88. The van der Waals surface area contributed by atoms with Crippen LogP contribution in [0.1, 0.15) is 16.1 Å². The summed E-state index contributed by atoms with van der Waals surface area (Å²) < 4.78 is 6.37. The molecule has 3 rings (SSSR count). The van der Waals surface area contributed by atoms with E-state index in [1.165, 1.54) is 13.2 Å². The van der Waals surface area contributed by atoms with E-state index < -0.39 is 5.97 Å². The molecular formula is C14H11ClN4O2. The fourth-order valence-electron chi connectivity index (χ4n) is 1.98. The number of aryl methyl sites for hydroxylation is 1. The van der Waals surface area contributed by atoms with Crippen molar-refractivity contribution in [3.05, 3.63) is 46.9 Å². The zero-order valence-electron chi connectivity index (χ0n) is 11.4. The van der Waals surface area contributed by atoms with Crippen molar-refractivity contribution in [3.8, 4) is 11.4 Å². The average molecular weight is 303 g/mol. The molecule has 0 N–H and O–H groups in total. The van der Waals surface area contributed by atoms with E-state index in [0.717, 1.165) is 11.3 Å². The van der Waals surface area contributed by atoms with Crippen LogP contribution in [0, 0.1) is 6.92 Å². The van der Waals surface area contributed by atoms with Crippen molar-refractivity contribution in [1.82, 2.24) is 19.6 Å². The van der Waals surface area contributed by atoms with Crippen LogP contribution >= 0.6 is 11.6 Å². The Morgan fingerprint density at radius 1 is 1.33 bits per heavy atom. The van der Waals surface area contributed by atoms with Crippen LogP contribution in [0.4, 0.5) is 0 Å². The van der Waals surface area contributed by atoms with Crippen molar-refractivity contribution < 1.29 is 9.53 Å². The molecule has 0 fully saturated rings. The number of nitrogens with zero attached hydrogens (tertiary/aromatic N) is 4. The first kappa shape index (κ1) is 13.5. The van der Waals surface area contributed by atoms with Crippen molar-refractivity contribution in [2.24, 2.45) is 0 Å². The zero-order chi connectivity index (χ0) is 15.0. The molecule has 0 aliphatic heterocycles. The van der Waals surface area contributed by atoms with E-state index in [2.05, 4.69) is 15.2 Å². The van der Waals surface area contributed by atoms with E-state index in [1.807, 2.05) is 19.1 Å². The van der Waals surface area contributed by atoms with Gasteiger partial charge in [-0.2, -0.15) is 0 Å². The van der Waals surface area contributed by atoms with Crippen molar-refractivity contribution in [2.45, 2.75) is 6.92 Å². The maximum absolute atomic E-state index is 11.7. The highest BCUT2D eigenvalue weighted by atomic mass is 35.5. The molecule has 0 saturated heterocycles. The van der Waals surface area contributed by atoms with Crippen LogP contribution < -0.4 is 0 Å². The Kier molecular flexibility index (Phi) is 3.31. The van der Waals surface area contributed by atoms with Gasteiger partial charge in [0.25, 0.3) is 0 Å². The number of fused-ring (bicyclic) bond motifs is 1. The molecule has 3 heterocycles. The molecule has 0 aliphatic rings. The average Bonchev–Trinajstić information content (AvgIpc) is 2.91. The molecule has 0 atom stereocenters. The molecule has 0 amide bonds. The number of aromatic nitrogens is 4. The predicted octanol–water partition coefficient (Wildman–Crippen LogP) is 2.54. The summed E-state index contributed by atoms with van der Waals surface area (Å²) >= 11 is 6.14.